The Morgan fingerprint density at radius 2 is 1.96 bits per heavy atom. The van der Waals surface area contributed by atoms with Crippen molar-refractivity contribution in [2.24, 2.45) is 0 Å². The van der Waals surface area contributed by atoms with Crippen molar-refractivity contribution in [3.63, 3.8) is 0 Å². The maximum absolute atomic E-state index is 13.2. The average Bonchev–Trinajstić information content (AvgIpc) is 2.93. The third kappa shape index (κ3) is 3.27. The highest BCUT2D eigenvalue weighted by molar-refractivity contribution is 5.79. The Kier molecular flexibility index (Phi) is 4.33. The minimum Gasteiger partial charge on any atom is -0.379 e. The highest BCUT2D eigenvalue weighted by atomic mass is 19.1. The van der Waals surface area contributed by atoms with E-state index in [0.717, 1.165) is 53.6 Å². The standard InChI is InChI=1S/C22H21FN4O/c23-17-5-3-15(4-6-17)21-14-27(10-11-28-21)18-7-8-19-20(12-18)25-13-16-2-1-9-24-22(16)26-19/h1-9,12,21,25H,10-11,13-14H2,(H,24,26). The lowest BCUT2D eigenvalue weighted by molar-refractivity contribution is 0.0397. The molecule has 5 rings (SSSR count). The first-order valence-electron chi connectivity index (χ1n) is 9.47. The molecule has 3 aromatic rings. The van der Waals surface area contributed by atoms with Crippen molar-refractivity contribution in [2.45, 2.75) is 12.6 Å². The quantitative estimate of drug-likeness (QED) is 0.691. The van der Waals surface area contributed by atoms with Crippen molar-refractivity contribution >= 4 is 22.9 Å². The zero-order chi connectivity index (χ0) is 18.9. The monoisotopic (exact) mass is 376 g/mol. The normalized spacial score (nSPS) is 18.3. The van der Waals surface area contributed by atoms with Crippen LogP contribution < -0.4 is 15.5 Å². The van der Waals surface area contributed by atoms with Crippen LogP contribution in [0.4, 0.5) is 27.3 Å². The molecule has 0 saturated carbocycles. The number of morpholine rings is 1. The van der Waals surface area contributed by atoms with Crippen LogP contribution in [0.1, 0.15) is 17.2 Å². The number of ether oxygens (including phenoxy) is 1. The Bertz CT molecular complexity index is 992. The molecule has 1 fully saturated rings. The second kappa shape index (κ2) is 7.13. The van der Waals surface area contributed by atoms with Gasteiger partial charge in [-0.1, -0.05) is 18.2 Å². The summed E-state index contributed by atoms with van der Waals surface area (Å²) in [5.74, 6) is 0.667. The molecule has 6 heteroatoms. The lowest BCUT2D eigenvalue weighted by atomic mass is 10.1. The van der Waals surface area contributed by atoms with Crippen molar-refractivity contribution in [3.05, 3.63) is 77.7 Å². The zero-order valence-electron chi connectivity index (χ0n) is 15.4. The second-order valence-electron chi connectivity index (χ2n) is 7.08. The van der Waals surface area contributed by atoms with Crippen LogP contribution in [-0.2, 0) is 11.3 Å². The molecule has 2 aromatic carbocycles. The van der Waals surface area contributed by atoms with Gasteiger partial charge < -0.3 is 20.3 Å². The molecule has 28 heavy (non-hydrogen) atoms. The van der Waals surface area contributed by atoms with E-state index in [4.69, 9.17) is 4.74 Å². The third-order valence-corrected chi connectivity index (χ3v) is 5.29. The van der Waals surface area contributed by atoms with E-state index in [1.54, 1.807) is 18.3 Å². The summed E-state index contributed by atoms with van der Waals surface area (Å²) >= 11 is 0. The van der Waals surface area contributed by atoms with Gasteiger partial charge in [0.1, 0.15) is 17.7 Å². The van der Waals surface area contributed by atoms with Gasteiger partial charge in [-0.25, -0.2) is 9.37 Å². The molecule has 1 saturated heterocycles. The summed E-state index contributed by atoms with van der Waals surface area (Å²) in [6, 6.07) is 17.0. The smallest absolute Gasteiger partial charge is 0.135 e. The number of hydrogen-bond acceptors (Lipinski definition) is 5. The number of aromatic nitrogens is 1. The molecule has 2 aliphatic rings. The number of rotatable bonds is 2. The van der Waals surface area contributed by atoms with Crippen LogP contribution in [0.5, 0.6) is 0 Å². The zero-order valence-corrected chi connectivity index (χ0v) is 15.4. The molecule has 2 N–H and O–H groups in total. The Hall–Kier alpha value is -3.12. The maximum Gasteiger partial charge on any atom is 0.135 e. The van der Waals surface area contributed by atoms with Crippen molar-refractivity contribution < 1.29 is 9.13 Å². The largest absolute Gasteiger partial charge is 0.379 e. The van der Waals surface area contributed by atoms with Gasteiger partial charge in [-0.05, 0) is 42.0 Å². The summed E-state index contributed by atoms with van der Waals surface area (Å²) in [7, 11) is 0. The summed E-state index contributed by atoms with van der Waals surface area (Å²) in [6.45, 7) is 2.93. The lowest BCUT2D eigenvalue weighted by Crippen LogP contribution is -2.38. The molecule has 0 bridgehead atoms. The van der Waals surface area contributed by atoms with Crippen LogP contribution >= 0.6 is 0 Å². The first kappa shape index (κ1) is 17.0. The molecule has 0 spiro atoms. The fourth-order valence-electron chi connectivity index (χ4n) is 3.76. The van der Waals surface area contributed by atoms with Crippen LogP contribution in [0.15, 0.2) is 60.8 Å². The van der Waals surface area contributed by atoms with Crippen molar-refractivity contribution in [1.29, 1.82) is 0 Å². The highest BCUT2D eigenvalue weighted by Gasteiger charge is 2.23. The molecule has 3 heterocycles. The topological polar surface area (TPSA) is 49.4 Å². The molecule has 2 aliphatic heterocycles. The number of nitrogens with one attached hydrogen (secondary N) is 2. The number of nitrogens with zero attached hydrogens (tertiary/aromatic N) is 2. The van der Waals surface area contributed by atoms with Gasteiger partial charge in [-0.15, -0.1) is 0 Å². The van der Waals surface area contributed by atoms with Gasteiger partial charge in [0, 0.05) is 37.1 Å². The van der Waals surface area contributed by atoms with E-state index in [1.807, 2.05) is 6.07 Å². The van der Waals surface area contributed by atoms with Crippen LogP contribution in [0.25, 0.3) is 0 Å². The second-order valence-corrected chi connectivity index (χ2v) is 7.08. The third-order valence-electron chi connectivity index (χ3n) is 5.29. The summed E-state index contributed by atoms with van der Waals surface area (Å²) < 4.78 is 19.1. The van der Waals surface area contributed by atoms with Gasteiger partial charge in [0.2, 0.25) is 0 Å². The van der Waals surface area contributed by atoms with Gasteiger partial charge in [-0.2, -0.15) is 0 Å². The molecule has 0 aliphatic carbocycles. The number of benzene rings is 2. The number of pyridine rings is 1. The number of halogens is 1. The van der Waals surface area contributed by atoms with E-state index in [1.165, 1.54) is 12.1 Å². The minimum atomic E-state index is -0.226. The van der Waals surface area contributed by atoms with Crippen molar-refractivity contribution in [2.75, 3.05) is 35.2 Å². The minimum absolute atomic E-state index is 0.0623. The Labute approximate surface area is 163 Å². The first-order chi connectivity index (χ1) is 13.8. The molecule has 0 amide bonds. The molecule has 0 radical (unpaired) electrons. The SMILES string of the molecule is Fc1ccc(C2CN(c3ccc4c(c3)NCc3cccnc3N4)CCO2)cc1. The van der Waals surface area contributed by atoms with Crippen molar-refractivity contribution in [3.8, 4) is 0 Å². The number of anilines is 4. The van der Waals surface area contributed by atoms with E-state index >= 15 is 0 Å². The maximum atomic E-state index is 13.2. The fourth-order valence-corrected chi connectivity index (χ4v) is 3.76. The van der Waals surface area contributed by atoms with E-state index in [2.05, 4.69) is 44.8 Å². The number of fused-ring (bicyclic) bond motifs is 2. The average molecular weight is 376 g/mol. The van der Waals surface area contributed by atoms with Gasteiger partial charge in [0.05, 0.1) is 18.0 Å². The first-order valence-corrected chi connectivity index (χ1v) is 9.47. The predicted octanol–water partition coefficient (Wildman–Crippen LogP) is 4.47. The fraction of sp³-hybridized carbons (Fsp3) is 0.227. The van der Waals surface area contributed by atoms with Crippen LogP contribution in [-0.4, -0.2) is 24.7 Å². The summed E-state index contributed by atoms with van der Waals surface area (Å²) in [4.78, 5) is 6.75. The summed E-state index contributed by atoms with van der Waals surface area (Å²) in [6.07, 6.45) is 1.74. The molecule has 5 nitrogen and oxygen atoms in total. The van der Waals surface area contributed by atoms with E-state index < -0.39 is 0 Å². The molecule has 1 aromatic heterocycles. The van der Waals surface area contributed by atoms with Gasteiger partial charge in [0.15, 0.2) is 0 Å². The van der Waals surface area contributed by atoms with Gasteiger partial charge >= 0.3 is 0 Å². The number of hydrogen-bond donors (Lipinski definition) is 2. The molecular formula is C22H21FN4O. The summed E-state index contributed by atoms with van der Waals surface area (Å²) in [5, 5.41) is 6.93. The Morgan fingerprint density at radius 1 is 1.07 bits per heavy atom. The predicted molar refractivity (Wildman–Crippen MR) is 109 cm³/mol. The van der Waals surface area contributed by atoms with E-state index in [0.29, 0.717) is 6.61 Å². The lowest BCUT2D eigenvalue weighted by Gasteiger charge is -2.35. The molecule has 142 valence electrons. The van der Waals surface area contributed by atoms with Crippen LogP contribution in [0.3, 0.4) is 0 Å². The highest BCUT2D eigenvalue weighted by Crippen LogP contribution is 2.35. The Balaban J connectivity index is 1.37. The van der Waals surface area contributed by atoms with Crippen LogP contribution in [0.2, 0.25) is 0 Å². The molecular weight excluding hydrogens is 355 g/mol. The summed E-state index contributed by atoms with van der Waals surface area (Å²) in [5.41, 5.74) is 5.36. The van der Waals surface area contributed by atoms with Crippen molar-refractivity contribution in [1.82, 2.24) is 4.98 Å². The van der Waals surface area contributed by atoms with Gasteiger partial charge in [0.25, 0.3) is 0 Å². The Morgan fingerprint density at radius 3 is 2.86 bits per heavy atom. The van der Waals surface area contributed by atoms with E-state index in [9.17, 15) is 4.39 Å². The van der Waals surface area contributed by atoms with Crippen LogP contribution in [0, 0.1) is 5.82 Å². The van der Waals surface area contributed by atoms with E-state index in [-0.39, 0.29) is 11.9 Å². The van der Waals surface area contributed by atoms with Gasteiger partial charge in [-0.3, -0.25) is 0 Å². The molecule has 1 atom stereocenters. The molecule has 1 unspecified atom stereocenters.